The second kappa shape index (κ2) is 9.09. The fourth-order valence-corrected chi connectivity index (χ4v) is 3.85. The number of benzene rings is 2. The van der Waals surface area contributed by atoms with E-state index in [9.17, 15) is 14.9 Å². The van der Waals surface area contributed by atoms with Crippen molar-refractivity contribution < 1.29 is 9.72 Å². The summed E-state index contributed by atoms with van der Waals surface area (Å²) in [6.45, 7) is 4.05. The van der Waals surface area contributed by atoms with Crippen LogP contribution in [0.2, 0.25) is 0 Å². The van der Waals surface area contributed by atoms with Crippen LogP contribution in [0.3, 0.4) is 0 Å². The molecule has 8 heteroatoms. The van der Waals surface area contributed by atoms with E-state index in [0.717, 1.165) is 5.56 Å². The van der Waals surface area contributed by atoms with E-state index in [1.54, 1.807) is 23.1 Å². The molecule has 0 N–H and O–H groups in total. The summed E-state index contributed by atoms with van der Waals surface area (Å²) >= 11 is 1.36. The molecule has 7 nitrogen and oxygen atoms in total. The first-order valence-corrected chi connectivity index (χ1v) is 9.45. The number of carbonyl (C=O) groups excluding carboxylic acids is 1. The highest BCUT2D eigenvalue weighted by Gasteiger charge is 2.37. The molecule has 1 amide bonds. The van der Waals surface area contributed by atoms with Crippen LogP contribution in [0, 0.1) is 10.1 Å². The largest absolute Gasteiger partial charge is 0.285 e. The lowest BCUT2D eigenvalue weighted by atomic mass is 10.1. The predicted octanol–water partition coefficient (Wildman–Crippen LogP) is 3.66. The number of amides is 1. The third-order valence-electron chi connectivity index (χ3n) is 4.03. The summed E-state index contributed by atoms with van der Waals surface area (Å²) in [6, 6.07) is 15.9. The van der Waals surface area contributed by atoms with E-state index in [1.807, 2.05) is 30.3 Å². The van der Waals surface area contributed by atoms with Gasteiger partial charge in [0.15, 0.2) is 5.17 Å². The summed E-state index contributed by atoms with van der Waals surface area (Å²) in [5.74, 6) is -0.0296. The first-order chi connectivity index (χ1) is 13.6. The van der Waals surface area contributed by atoms with Gasteiger partial charge in [0.25, 0.3) is 5.69 Å². The molecule has 1 unspecified atom stereocenters. The van der Waals surface area contributed by atoms with Gasteiger partial charge in [-0.3, -0.25) is 19.8 Å². The number of nitro benzene ring substituents is 1. The Morgan fingerprint density at radius 1 is 1.21 bits per heavy atom. The fourth-order valence-electron chi connectivity index (χ4n) is 2.70. The Balaban J connectivity index is 1.76. The normalized spacial score (nSPS) is 18.1. The average molecular weight is 394 g/mol. The molecule has 0 spiro atoms. The molecule has 2 aromatic carbocycles. The number of amidine groups is 1. The highest BCUT2D eigenvalue weighted by atomic mass is 32.2. The summed E-state index contributed by atoms with van der Waals surface area (Å²) in [5, 5.41) is 19.3. The zero-order chi connectivity index (χ0) is 19.9. The standard InChI is InChI=1S/C20H18N4O3S/c1-2-11-23-19(25)18(13-15-7-4-3-5-8-15)28-20(23)22-21-14-16-9-6-10-17(12-16)24(26)27/h2-10,12,14,18H,1,11,13H2/b21-14+,22-20+. The minimum atomic E-state index is -0.464. The van der Waals surface area contributed by atoms with Crippen LogP contribution in [0.15, 0.2) is 77.5 Å². The maximum atomic E-state index is 12.7. The van der Waals surface area contributed by atoms with Crippen LogP contribution in [0.4, 0.5) is 5.69 Å². The Labute approximate surface area is 166 Å². The third-order valence-corrected chi connectivity index (χ3v) is 5.19. The molecule has 2 aromatic rings. The lowest BCUT2D eigenvalue weighted by Gasteiger charge is -2.12. The van der Waals surface area contributed by atoms with Gasteiger partial charge in [0.05, 0.1) is 16.4 Å². The zero-order valence-corrected chi connectivity index (χ0v) is 15.8. The number of rotatable bonds is 7. The van der Waals surface area contributed by atoms with Crippen LogP contribution < -0.4 is 0 Å². The SMILES string of the molecule is C=CCN1C(=O)C(Cc2ccccc2)S/C1=N/N=C/c1cccc([N+](=O)[O-])c1. The minimum absolute atomic E-state index is 0.0155. The summed E-state index contributed by atoms with van der Waals surface area (Å²) in [6.07, 6.45) is 3.68. The van der Waals surface area contributed by atoms with Crippen molar-refractivity contribution in [2.75, 3.05) is 6.54 Å². The lowest BCUT2D eigenvalue weighted by molar-refractivity contribution is -0.384. The molecule has 1 atom stereocenters. The van der Waals surface area contributed by atoms with Crippen molar-refractivity contribution in [1.82, 2.24) is 4.90 Å². The third kappa shape index (κ3) is 4.72. The Kier molecular flexibility index (Phi) is 6.33. The summed E-state index contributed by atoms with van der Waals surface area (Å²) < 4.78 is 0. The van der Waals surface area contributed by atoms with E-state index < -0.39 is 4.92 Å². The fraction of sp³-hybridized carbons (Fsp3) is 0.150. The van der Waals surface area contributed by atoms with E-state index >= 15 is 0 Å². The summed E-state index contributed by atoms with van der Waals surface area (Å²) in [5.41, 5.74) is 1.62. The van der Waals surface area contributed by atoms with Crippen molar-refractivity contribution in [3.05, 3.63) is 88.5 Å². The van der Waals surface area contributed by atoms with Gasteiger partial charge in [-0.15, -0.1) is 11.7 Å². The van der Waals surface area contributed by atoms with Crippen molar-refractivity contribution in [3.63, 3.8) is 0 Å². The molecule has 0 bridgehead atoms. The predicted molar refractivity (Wildman–Crippen MR) is 112 cm³/mol. The molecule has 1 saturated heterocycles. The molecule has 0 saturated carbocycles. The van der Waals surface area contributed by atoms with Crippen LogP contribution in [0.25, 0.3) is 0 Å². The van der Waals surface area contributed by atoms with Gasteiger partial charge in [0.1, 0.15) is 0 Å². The number of hydrogen-bond donors (Lipinski definition) is 0. The monoisotopic (exact) mass is 394 g/mol. The molecule has 28 heavy (non-hydrogen) atoms. The van der Waals surface area contributed by atoms with E-state index in [1.165, 1.54) is 30.1 Å². The Hall–Kier alpha value is -3.26. The van der Waals surface area contributed by atoms with Crippen molar-refractivity contribution in [1.29, 1.82) is 0 Å². The Bertz CT molecular complexity index is 943. The maximum Gasteiger partial charge on any atom is 0.270 e. The van der Waals surface area contributed by atoms with Gasteiger partial charge in [-0.1, -0.05) is 60.3 Å². The summed E-state index contributed by atoms with van der Waals surface area (Å²) in [4.78, 5) is 24.7. The molecule has 0 aromatic heterocycles. The quantitative estimate of drug-likeness (QED) is 0.310. The molecule has 0 aliphatic carbocycles. The van der Waals surface area contributed by atoms with Crippen LogP contribution in [0.1, 0.15) is 11.1 Å². The van der Waals surface area contributed by atoms with E-state index in [4.69, 9.17) is 0 Å². The van der Waals surface area contributed by atoms with Gasteiger partial charge in [0.2, 0.25) is 5.91 Å². The van der Waals surface area contributed by atoms with Gasteiger partial charge in [-0.05, 0) is 12.0 Å². The van der Waals surface area contributed by atoms with E-state index in [2.05, 4.69) is 16.8 Å². The number of thioether (sulfide) groups is 1. The van der Waals surface area contributed by atoms with Gasteiger partial charge < -0.3 is 0 Å². The highest BCUT2D eigenvalue weighted by Crippen LogP contribution is 2.30. The first kappa shape index (κ1) is 19.5. The molecule has 142 valence electrons. The zero-order valence-electron chi connectivity index (χ0n) is 15.0. The molecule has 1 aliphatic rings. The smallest absolute Gasteiger partial charge is 0.270 e. The maximum absolute atomic E-state index is 12.7. The van der Waals surface area contributed by atoms with Crippen molar-refractivity contribution >= 4 is 34.7 Å². The number of nitro groups is 1. The average Bonchev–Trinajstić information content (AvgIpc) is 2.98. The van der Waals surface area contributed by atoms with Crippen molar-refractivity contribution in [2.45, 2.75) is 11.7 Å². The van der Waals surface area contributed by atoms with Gasteiger partial charge in [-0.25, -0.2) is 0 Å². The van der Waals surface area contributed by atoms with E-state index in [-0.39, 0.29) is 16.8 Å². The second-order valence-electron chi connectivity index (χ2n) is 6.01. The van der Waals surface area contributed by atoms with Crippen molar-refractivity contribution in [3.8, 4) is 0 Å². The second-order valence-corrected chi connectivity index (χ2v) is 7.18. The van der Waals surface area contributed by atoms with Gasteiger partial charge in [-0.2, -0.15) is 5.10 Å². The Morgan fingerprint density at radius 3 is 2.71 bits per heavy atom. The number of carbonyl (C=O) groups is 1. The molecule has 1 fully saturated rings. The van der Waals surface area contributed by atoms with Gasteiger partial charge >= 0.3 is 0 Å². The van der Waals surface area contributed by atoms with Crippen LogP contribution >= 0.6 is 11.8 Å². The molecular weight excluding hydrogens is 376 g/mol. The van der Waals surface area contributed by atoms with Crippen LogP contribution in [-0.2, 0) is 11.2 Å². The topological polar surface area (TPSA) is 88.2 Å². The van der Waals surface area contributed by atoms with Crippen LogP contribution in [-0.4, -0.2) is 38.9 Å². The number of non-ortho nitro benzene ring substituents is 1. The molecular formula is C20H18N4O3S. The molecule has 0 radical (unpaired) electrons. The molecule has 3 rings (SSSR count). The number of nitrogens with zero attached hydrogens (tertiary/aromatic N) is 4. The highest BCUT2D eigenvalue weighted by molar-refractivity contribution is 8.15. The van der Waals surface area contributed by atoms with E-state index in [0.29, 0.717) is 23.7 Å². The van der Waals surface area contributed by atoms with Gasteiger partial charge in [0, 0.05) is 24.2 Å². The lowest BCUT2D eigenvalue weighted by Crippen LogP contribution is -2.32. The number of hydrogen-bond acceptors (Lipinski definition) is 6. The molecule has 1 aliphatic heterocycles. The summed E-state index contributed by atoms with van der Waals surface area (Å²) in [7, 11) is 0. The minimum Gasteiger partial charge on any atom is -0.285 e. The molecule has 1 heterocycles. The first-order valence-electron chi connectivity index (χ1n) is 8.57. The van der Waals surface area contributed by atoms with Crippen molar-refractivity contribution in [2.24, 2.45) is 10.2 Å². The van der Waals surface area contributed by atoms with Crippen LogP contribution in [0.5, 0.6) is 0 Å². The Morgan fingerprint density at radius 2 is 2.00 bits per heavy atom.